The molecule has 0 saturated heterocycles. The number of rotatable bonds is 4. The van der Waals surface area contributed by atoms with Gasteiger partial charge in [-0.2, -0.15) is 0 Å². The lowest BCUT2D eigenvalue weighted by Gasteiger charge is -2.17. The number of aryl methyl sites for hydroxylation is 4. The number of nitrogens with one attached hydrogen (secondary N) is 1. The maximum absolute atomic E-state index is 12.1. The monoisotopic (exact) mass is 307 g/mol. The summed E-state index contributed by atoms with van der Waals surface area (Å²) in [5.41, 5.74) is 7.16. The Kier molecular flexibility index (Phi) is 5.38. The molecule has 1 atom stereocenters. The second-order valence-electron chi connectivity index (χ2n) is 6.27. The number of carbonyl (C=O) groups is 1. The molecule has 0 aromatic heterocycles. The highest BCUT2D eigenvalue weighted by Gasteiger charge is 2.11. The summed E-state index contributed by atoms with van der Waals surface area (Å²) < 4.78 is 0. The number of benzene rings is 2. The molecule has 2 rings (SSSR count). The lowest BCUT2D eigenvalue weighted by atomic mass is 9.96. The van der Waals surface area contributed by atoms with E-state index in [1.807, 2.05) is 44.2 Å². The molecule has 0 bridgehead atoms. The average molecular weight is 307 g/mol. The van der Waals surface area contributed by atoms with Crippen molar-refractivity contribution >= 4 is 12.0 Å². The summed E-state index contributed by atoms with van der Waals surface area (Å²) in [6.07, 6.45) is 3.44. The topological polar surface area (TPSA) is 29.1 Å². The van der Waals surface area contributed by atoms with E-state index in [1.54, 1.807) is 6.08 Å². The lowest BCUT2D eigenvalue weighted by molar-refractivity contribution is -0.117. The summed E-state index contributed by atoms with van der Waals surface area (Å²) in [5.74, 6) is -0.0734. The molecule has 2 aromatic carbocycles. The Morgan fingerprint density at radius 3 is 2.22 bits per heavy atom. The minimum Gasteiger partial charge on any atom is -0.346 e. The molecule has 0 unspecified atom stereocenters. The van der Waals surface area contributed by atoms with Gasteiger partial charge in [0.1, 0.15) is 0 Å². The first-order valence-corrected chi connectivity index (χ1v) is 8.00. The summed E-state index contributed by atoms with van der Waals surface area (Å²) in [5, 5.41) is 3.04. The highest BCUT2D eigenvalue weighted by molar-refractivity contribution is 5.92. The van der Waals surface area contributed by atoms with Crippen LogP contribution in [0.3, 0.4) is 0 Å². The molecule has 0 spiro atoms. The van der Waals surface area contributed by atoms with Gasteiger partial charge in [-0.3, -0.25) is 4.79 Å². The van der Waals surface area contributed by atoms with E-state index >= 15 is 0 Å². The van der Waals surface area contributed by atoms with Gasteiger partial charge in [-0.1, -0.05) is 42.0 Å². The molecule has 120 valence electrons. The van der Waals surface area contributed by atoms with Gasteiger partial charge in [-0.05, 0) is 68.5 Å². The molecule has 2 nitrogen and oxygen atoms in total. The molecule has 1 N–H and O–H groups in total. The van der Waals surface area contributed by atoms with Crippen molar-refractivity contribution in [3.63, 3.8) is 0 Å². The van der Waals surface area contributed by atoms with E-state index in [2.05, 4.69) is 38.2 Å². The van der Waals surface area contributed by atoms with Crippen molar-refractivity contribution in [3.05, 3.63) is 75.9 Å². The first-order valence-electron chi connectivity index (χ1n) is 8.00. The van der Waals surface area contributed by atoms with Crippen molar-refractivity contribution in [2.45, 2.75) is 40.7 Å². The van der Waals surface area contributed by atoms with E-state index in [9.17, 15) is 4.79 Å². The third-order valence-electron chi connectivity index (χ3n) is 4.21. The van der Waals surface area contributed by atoms with Crippen LogP contribution in [0, 0.1) is 27.7 Å². The average Bonchev–Trinajstić information content (AvgIpc) is 2.50. The third-order valence-corrected chi connectivity index (χ3v) is 4.21. The minimum absolute atomic E-state index is 0.00975. The van der Waals surface area contributed by atoms with Crippen molar-refractivity contribution in [2.75, 3.05) is 0 Å². The van der Waals surface area contributed by atoms with E-state index in [1.165, 1.54) is 27.8 Å². The maximum atomic E-state index is 12.1. The van der Waals surface area contributed by atoms with E-state index in [4.69, 9.17) is 0 Å². The van der Waals surface area contributed by atoms with Crippen LogP contribution in [0.15, 0.2) is 42.5 Å². The molecule has 0 aliphatic rings. The molecule has 0 heterocycles. The van der Waals surface area contributed by atoms with Crippen molar-refractivity contribution in [2.24, 2.45) is 0 Å². The number of amides is 1. The molecule has 2 aromatic rings. The van der Waals surface area contributed by atoms with Gasteiger partial charge in [0, 0.05) is 6.08 Å². The predicted octanol–water partition coefficient (Wildman–Crippen LogP) is 4.81. The summed E-state index contributed by atoms with van der Waals surface area (Å²) in [7, 11) is 0. The fourth-order valence-electron chi connectivity index (χ4n) is 2.64. The standard InChI is InChI=1S/C21H25NO/c1-14-6-8-19(9-7-14)10-11-21(23)22-18(5)20-13-16(3)15(2)12-17(20)4/h6-13,18H,1-5H3,(H,22,23)/b11-10+/t18-/m0/s1. The van der Waals surface area contributed by atoms with Crippen molar-refractivity contribution in [1.82, 2.24) is 5.32 Å². The van der Waals surface area contributed by atoms with Crippen LogP contribution in [0.2, 0.25) is 0 Å². The van der Waals surface area contributed by atoms with Gasteiger partial charge in [0.05, 0.1) is 6.04 Å². The zero-order chi connectivity index (χ0) is 17.0. The van der Waals surface area contributed by atoms with Crippen molar-refractivity contribution in [3.8, 4) is 0 Å². The molecule has 0 fully saturated rings. The van der Waals surface area contributed by atoms with E-state index in [0.717, 1.165) is 5.56 Å². The van der Waals surface area contributed by atoms with Crippen LogP contribution in [-0.4, -0.2) is 5.91 Å². The zero-order valence-corrected chi connectivity index (χ0v) is 14.6. The summed E-state index contributed by atoms with van der Waals surface area (Å²) in [6, 6.07) is 12.4. The normalized spacial score (nSPS) is 12.4. The molecular formula is C21H25NO. The smallest absolute Gasteiger partial charge is 0.244 e. The van der Waals surface area contributed by atoms with Crippen LogP contribution in [-0.2, 0) is 4.79 Å². The lowest BCUT2D eigenvalue weighted by Crippen LogP contribution is -2.25. The fraction of sp³-hybridized carbons (Fsp3) is 0.286. The van der Waals surface area contributed by atoms with Gasteiger partial charge < -0.3 is 5.32 Å². The van der Waals surface area contributed by atoms with Crippen LogP contribution in [0.1, 0.15) is 46.3 Å². The second kappa shape index (κ2) is 7.28. The number of hydrogen-bond acceptors (Lipinski definition) is 1. The van der Waals surface area contributed by atoms with Crippen LogP contribution in [0.5, 0.6) is 0 Å². The first-order chi connectivity index (χ1) is 10.9. The molecule has 2 heteroatoms. The maximum Gasteiger partial charge on any atom is 0.244 e. The molecule has 0 saturated carbocycles. The van der Waals surface area contributed by atoms with Gasteiger partial charge in [0.2, 0.25) is 5.91 Å². The summed E-state index contributed by atoms with van der Waals surface area (Å²) in [6.45, 7) is 10.4. The second-order valence-corrected chi connectivity index (χ2v) is 6.27. The highest BCUT2D eigenvalue weighted by Crippen LogP contribution is 2.21. The minimum atomic E-state index is -0.0734. The van der Waals surface area contributed by atoms with Crippen LogP contribution >= 0.6 is 0 Å². The van der Waals surface area contributed by atoms with Gasteiger partial charge in [-0.25, -0.2) is 0 Å². The van der Waals surface area contributed by atoms with Crippen LogP contribution in [0.25, 0.3) is 6.08 Å². The van der Waals surface area contributed by atoms with Crippen molar-refractivity contribution < 1.29 is 4.79 Å². The predicted molar refractivity (Wildman–Crippen MR) is 97.4 cm³/mol. The highest BCUT2D eigenvalue weighted by atomic mass is 16.1. The summed E-state index contributed by atoms with van der Waals surface area (Å²) in [4.78, 5) is 12.1. The SMILES string of the molecule is Cc1ccc(/C=C/C(=O)N[C@@H](C)c2cc(C)c(C)cc2C)cc1. The van der Waals surface area contributed by atoms with Gasteiger partial charge in [-0.15, -0.1) is 0 Å². The fourth-order valence-corrected chi connectivity index (χ4v) is 2.64. The molecule has 0 radical (unpaired) electrons. The molecule has 0 aliphatic heterocycles. The summed E-state index contributed by atoms with van der Waals surface area (Å²) >= 11 is 0. The zero-order valence-electron chi connectivity index (χ0n) is 14.6. The van der Waals surface area contributed by atoms with E-state index in [-0.39, 0.29) is 11.9 Å². The van der Waals surface area contributed by atoms with Crippen LogP contribution < -0.4 is 5.32 Å². The van der Waals surface area contributed by atoms with Crippen LogP contribution in [0.4, 0.5) is 0 Å². The Balaban J connectivity index is 2.05. The van der Waals surface area contributed by atoms with E-state index in [0.29, 0.717) is 0 Å². The third kappa shape index (κ3) is 4.56. The molecule has 0 aliphatic carbocycles. The Hall–Kier alpha value is -2.35. The first kappa shape index (κ1) is 17.0. The Morgan fingerprint density at radius 1 is 0.957 bits per heavy atom. The Morgan fingerprint density at radius 2 is 1.57 bits per heavy atom. The molecule has 23 heavy (non-hydrogen) atoms. The number of hydrogen-bond donors (Lipinski definition) is 1. The number of carbonyl (C=O) groups excluding carboxylic acids is 1. The Labute approximate surface area is 139 Å². The van der Waals surface area contributed by atoms with Gasteiger partial charge in [0.15, 0.2) is 0 Å². The van der Waals surface area contributed by atoms with Crippen molar-refractivity contribution in [1.29, 1.82) is 0 Å². The largest absolute Gasteiger partial charge is 0.346 e. The van der Waals surface area contributed by atoms with Gasteiger partial charge >= 0.3 is 0 Å². The quantitative estimate of drug-likeness (QED) is 0.807. The molecule has 1 amide bonds. The van der Waals surface area contributed by atoms with E-state index < -0.39 is 0 Å². The van der Waals surface area contributed by atoms with Gasteiger partial charge in [0.25, 0.3) is 0 Å². The molecular weight excluding hydrogens is 282 g/mol. The Bertz CT molecular complexity index is 726.